The minimum Gasteiger partial charge on any atom is -0.385 e. The molecule has 0 bridgehead atoms. The van der Waals surface area contributed by atoms with Gasteiger partial charge in [-0.15, -0.1) is 0 Å². The first-order valence-corrected chi connectivity index (χ1v) is 5.95. The molecule has 0 radical (unpaired) electrons. The molecule has 0 aromatic rings. The van der Waals surface area contributed by atoms with E-state index in [4.69, 9.17) is 4.74 Å². The average Bonchev–Trinajstić information content (AvgIpc) is 2.21. The van der Waals surface area contributed by atoms with Gasteiger partial charge in [-0.2, -0.15) is 0 Å². The summed E-state index contributed by atoms with van der Waals surface area (Å²) in [6, 6.07) is 0. The van der Waals surface area contributed by atoms with Gasteiger partial charge in [0.05, 0.1) is 0 Å². The van der Waals surface area contributed by atoms with Crippen LogP contribution in [-0.2, 0) is 9.53 Å². The Labute approximate surface area is 93.6 Å². The first-order valence-electron chi connectivity index (χ1n) is 5.95. The minimum atomic E-state index is 0.103. The van der Waals surface area contributed by atoms with Crippen molar-refractivity contribution in [3.63, 3.8) is 0 Å². The highest BCUT2D eigenvalue weighted by Crippen LogP contribution is 2.02. The van der Waals surface area contributed by atoms with E-state index in [1.807, 2.05) is 13.8 Å². The van der Waals surface area contributed by atoms with Gasteiger partial charge < -0.3 is 10.1 Å². The summed E-state index contributed by atoms with van der Waals surface area (Å²) in [5, 5.41) is 2.92. The van der Waals surface area contributed by atoms with Gasteiger partial charge in [0.2, 0.25) is 5.91 Å². The summed E-state index contributed by atoms with van der Waals surface area (Å²) < 4.78 is 4.97. The van der Waals surface area contributed by atoms with E-state index in [2.05, 4.69) is 5.32 Å². The summed E-state index contributed by atoms with van der Waals surface area (Å²) >= 11 is 0. The Balaban J connectivity index is 3.08. The van der Waals surface area contributed by atoms with Crippen LogP contribution in [0.2, 0.25) is 0 Å². The fourth-order valence-electron chi connectivity index (χ4n) is 1.32. The number of unbranched alkanes of at least 4 members (excludes halogenated alkanes) is 4. The molecule has 3 nitrogen and oxygen atoms in total. The Morgan fingerprint density at radius 2 is 1.73 bits per heavy atom. The zero-order valence-electron chi connectivity index (χ0n) is 10.3. The van der Waals surface area contributed by atoms with E-state index in [1.165, 1.54) is 19.3 Å². The molecule has 0 atom stereocenters. The van der Waals surface area contributed by atoms with E-state index in [0.717, 1.165) is 26.0 Å². The predicted molar refractivity (Wildman–Crippen MR) is 62.8 cm³/mol. The number of ether oxygens (including phenoxy) is 1. The molecule has 0 spiro atoms. The summed E-state index contributed by atoms with van der Waals surface area (Å²) in [4.78, 5) is 11.2. The summed E-state index contributed by atoms with van der Waals surface area (Å²) in [7, 11) is 1.74. The summed E-state index contributed by atoms with van der Waals surface area (Å²) in [5.41, 5.74) is 0. The molecule has 0 rings (SSSR count). The Hall–Kier alpha value is -0.570. The van der Waals surface area contributed by atoms with Crippen LogP contribution >= 0.6 is 0 Å². The Morgan fingerprint density at radius 1 is 1.13 bits per heavy atom. The van der Waals surface area contributed by atoms with Crippen LogP contribution in [0, 0.1) is 5.92 Å². The van der Waals surface area contributed by atoms with Crippen LogP contribution in [-0.4, -0.2) is 26.2 Å². The number of nitrogens with one attached hydrogen (secondary N) is 1. The molecule has 3 heteroatoms. The molecule has 0 aliphatic carbocycles. The van der Waals surface area contributed by atoms with Gasteiger partial charge in [0.25, 0.3) is 0 Å². The molecular formula is C12H25NO2. The maximum absolute atomic E-state index is 11.2. The van der Waals surface area contributed by atoms with Gasteiger partial charge in [0, 0.05) is 26.2 Å². The number of hydrogen-bond donors (Lipinski definition) is 1. The third-order valence-electron chi connectivity index (χ3n) is 2.35. The topological polar surface area (TPSA) is 38.3 Å². The second-order valence-electron chi connectivity index (χ2n) is 4.21. The smallest absolute Gasteiger partial charge is 0.222 e. The highest BCUT2D eigenvalue weighted by atomic mass is 16.5. The molecular weight excluding hydrogens is 190 g/mol. The fraction of sp³-hybridized carbons (Fsp3) is 0.917. The predicted octanol–water partition coefficient (Wildman–Crippen LogP) is 2.36. The summed E-state index contributed by atoms with van der Waals surface area (Å²) in [6.07, 6.45) is 5.90. The maximum atomic E-state index is 11.2. The average molecular weight is 215 g/mol. The molecule has 0 saturated carbocycles. The molecule has 1 amide bonds. The molecule has 0 aromatic carbocycles. The van der Waals surface area contributed by atoms with Gasteiger partial charge in [-0.05, 0) is 12.8 Å². The third kappa shape index (κ3) is 9.73. The molecule has 0 aliphatic heterocycles. The number of carbonyl (C=O) groups is 1. The number of methoxy groups -OCH3 is 1. The van der Waals surface area contributed by atoms with Crippen molar-refractivity contribution < 1.29 is 9.53 Å². The van der Waals surface area contributed by atoms with Crippen LogP contribution in [0.3, 0.4) is 0 Å². The SMILES string of the molecule is COCCCCCCCNC(=O)C(C)C. The van der Waals surface area contributed by atoms with Crippen molar-refractivity contribution in [1.82, 2.24) is 5.32 Å². The molecule has 0 fully saturated rings. The van der Waals surface area contributed by atoms with Gasteiger partial charge >= 0.3 is 0 Å². The lowest BCUT2D eigenvalue weighted by atomic mass is 10.1. The van der Waals surface area contributed by atoms with Gasteiger partial charge in [-0.1, -0.05) is 33.1 Å². The normalized spacial score (nSPS) is 10.7. The van der Waals surface area contributed by atoms with E-state index in [-0.39, 0.29) is 11.8 Å². The first kappa shape index (κ1) is 14.4. The van der Waals surface area contributed by atoms with E-state index in [9.17, 15) is 4.79 Å². The van der Waals surface area contributed by atoms with Crippen molar-refractivity contribution in [2.45, 2.75) is 46.0 Å². The highest BCUT2D eigenvalue weighted by Gasteiger charge is 2.04. The van der Waals surface area contributed by atoms with Crippen LogP contribution < -0.4 is 5.32 Å². The van der Waals surface area contributed by atoms with Crippen molar-refractivity contribution >= 4 is 5.91 Å². The quantitative estimate of drug-likeness (QED) is 0.600. The highest BCUT2D eigenvalue weighted by molar-refractivity contribution is 5.77. The van der Waals surface area contributed by atoms with E-state index in [1.54, 1.807) is 7.11 Å². The largest absolute Gasteiger partial charge is 0.385 e. The molecule has 15 heavy (non-hydrogen) atoms. The number of hydrogen-bond acceptors (Lipinski definition) is 2. The molecule has 90 valence electrons. The number of carbonyl (C=O) groups excluding carboxylic acids is 1. The Kier molecular flexibility index (Phi) is 9.59. The van der Waals surface area contributed by atoms with Crippen LogP contribution in [0.15, 0.2) is 0 Å². The summed E-state index contributed by atoms with van der Waals surface area (Å²) in [5.74, 6) is 0.265. The standard InChI is InChI=1S/C12H25NO2/c1-11(2)12(14)13-9-7-5-4-6-8-10-15-3/h11H,4-10H2,1-3H3,(H,13,14). The molecule has 0 heterocycles. The second-order valence-corrected chi connectivity index (χ2v) is 4.21. The van der Waals surface area contributed by atoms with Crippen LogP contribution in [0.5, 0.6) is 0 Å². The monoisotopic (exact) mass is 215 g/mol. The Bertz CT molecular complexity index is 158. The molecule has 0 unspecified atom stereocenters. The van der Waals surface area contributed by atoms with Gasteiger partial charge in [-0.3, -0.25) is 4.79 Å². The number of amides is 1. The zero-order chi connectivity index (χ0) is 11.5. The molecule has 1 N–H and O–H groups in total. The minimum absolute atomic E-state index is 0.103. The molecule has 0 saturated heterocycles. The van der Waals surface area contributed by atoms with E-state index >= 15 is 0 Å². The number of rotatable bonds is 9. The lowest BCUT2D eigenvalue weighted by Crippen LogP contribution is -2.28. The van der Waals surface area contributed by atoms with Crippen molar-refractivity contribution in [2.75, 3.05) is 20.3 Å². The van der Waals surface area contributed by atoms with Gasteiger partial charge in [0.15, 0.2) is 0 Å². The fourth-order valence-corrected chi connectivity index (χ4v) is 1.32. The van der Waals surface area contributed by atoms with E-state index in [0.29, 0.717) is 0 Å². The van der Waals surface area contributed by atoms with Crippen molar-refractivity contribution in [3.05, 3.63) is 0 Å². The van der Waals surface area contributed by atoms with Crippen LogP contribution in [0.25, 0.3) is 0 Å². The lowest BCUT2D eigenvalue weighted by molar-refractivity contribution is -0.123. The first-order chi connectivity index (χ1) is 7.18. The van der Waals surface area contributed by atoms with Crippen molar-refractivity contribution in [2.24, 2.45) is 5.92 Å². The van der Waals surface area contributed by atoms with Gasteiger partial charge in [-0.25, -0.2) is 0 Å². The molecule has 0 aliphatic rings. The third-order valence-corrected chi connectivity index (χ3v) is 2.35. The zero-order valence-corrected chi connectivity index (χ0v) is 10.3. The Morgan fingerprint density at radius 3 is 2.33 bits per heavy atom. The second kappa shape index (κ2) is 9.97. The van der Waals surface area contributed by atoms with Crippen LogP contribution in [0.4, 0.5) is 0 Å². The van der Waals surface area contributed by atoms with Crippen LogP contribution in [0.1, 0.15) is 46.0 Å². The molecule has 0 aromatic heterocycles. The lowest BCUT2D eigenvalue weighted by Gasteiger charge is -2.07. The van der Waals surface area contributed by atoms with Crippen molar-refractivity contribution in [1.29, 1.82) is 0 Å². The summed E-state index contributed by atoms with van der Waals surface area (Å²) in [6.45, 7) is 5.52. The van der Waals surface area contributed by atoms with Gasteiger partial charge in [0.1, 0.15) is 0 Å². The van der Waals surface area contributed by atoms with Crippen molar-refractivity contribution in [3.8, 4) is 0 Å². The maximum Gasteiger partial charge on any atom is 0.222 e. The van der Waals surface area contributed by atoms with E-state index < -0.39 is 0 Å².